The quantitative estimate of drug-likeness (QED) is 0.615. The van der Waals surface area contributed by atoms with Crippen LogP contribution in [0.15, 0.2) is 12.2 Å². The van der Waals surface area contributed by atoms with Gasteiger partial charge in [-0.05, 0) is 13.8 Å². The summed E-state index contributed by atoms with van der Waals surface area (Å²) >= 11 is 0. The number of carbonyl (C=O) groups is 1. The fourth-order valence-corrected chi connectivity index (χ4v) is 1.13. The number of nitrogens with zero attached hydrogens (tertiary/aromatic N) is 1. The molecule has 0 spiro atoms. The smallest absolute Gasteiger partial charge is 0.228 e. The van der Waals surface area contributed by atoms with Crippen LogP contribution < -0.4 is 0 Å². The van der Waals surface area contributed by atoms with Crippen LogP contribution in [0.4, 0.5) is 0 Å². The van der Waals surface area contributed by atoms with Crippen LogP contribution >= 0.6 is 0 Å². The van der Waals surface area contributed by atoms with Crippen molar-refractivity contribution in [2.75, 3.05) is 13.1 Å². The van der Waals surface area contributed by atoms with Gasteiger partial charge in [-0.2, -0.15) is 0 Å². The molecule has 0 heterocycles. The molecule has 0 saturated carbocycles. The number of rotatable bonds is 3. The average molecular weight is 183 g/mol. The van der Waals surface area contributed by atoms with Gasteiger partial charge in [-0.25, -0.2) is 0 Å². The maximum atomic E-state index is 11.8. The summed E-state index contributed by atoms with van der Waals surface area (Å²) in [6.45, 7) is 15.0. The van der Waals surface area contributed by atoms with E-state index < -0.39 is 0 Å². The monoisotopic (exact) mass is 183 g/mol. The van der Waals surface area contributed by atoms with E-state index in [9.17, 15) is 4.79 Å². The van der Waals surface area contributed by atoms with Gasteiger partial charge in [-0.3, -0.25) is 4.79 Å². The summed E-state index contributed by atoms with van der Waals surface area (Å²) in [6.07, 6.45) is 0. The second kappa shape index (κ2) is 4.45. The molecule has 0 aliphatic rings. The molecule has 13 heavy (non-hydrogen) atoms. The molecular weight excluding hydrogens is 162 g/mol. The van der Waals surface area contributed by atoms with Crippen LogP contribution in [0.25, 0.3) is 0 Å². The third-order valence-electron chi connectivity index (χ3n) is 1.77. The van der Waals surface area contributed by atoms with Crippen molar-refractivity contribution < 1.29 is 4.79 Å². The Morgan fingerprint density at radius 1 is 1.38 bits per heavy atom. The first-order valence-corrected chi connectivity index (χ1v) is 4.72. The van der Waals surface area contributed by atoms with Crippen molar-refractivity contribution in [3.8, 4) is 0 Å². The van der Waals surface area contributed by atoms with Crippen molar-refractivity contribution in [3.63, 3.8) is 0 Å². The largest absolute Gasteiger partial charge is 0.339 e. The van der Waals surface area contributed by atoms with Crippen LogP contribution in [0, 0.1) is 5.41 Å². The highest BCUT2D eigenvalue weighted by molar-refractivity contribution is 5.81. The number of hydrogen-bond donors (Lipinski definition) is 0. The summed E-state index contributed by atoms with van der Waals surface area (Å²) in [4.78, 5) is 13.7. The Labute approximate surface area is 81.6 Å². The first-order chi connectivity index (χ1) is 5.79. The molecule has 0 bridgehead atoms. The molecule has 76 valence electrons. The molecule has 0 aromatic heterocycles. The van der Waals surface area contributed by atoms with Crippen molar-refractivity contribution >= 4 is 5.91 Å². The minimum Gasteiger partial charge on any atom is -0.339 e. The van der Waals surface area contributed by atoms with E-state index in [4.69, 9.17) is 0 Å². The van der Waals surface area contributed by atoms with E-state index in [1.165, 1.54) is 0 Å². The van der Waals surface area contributed by atoms with Gasteiger partial charge in [0.15, 0.2) is 0 Å². The lowest BCUT2D eigenvalue weighted by Crippen LogP contribution is -2.40. The summed E-state index contributed by atoms with van der Waals surface area (Å²) in [7, 11) is 0. The van der Waals surface area contributed by atoms with E-state index in [-0.39, 0.29) is 11.3 Å². The number of likely N-dealkylation sites (N-methyl/N-ethyl adjacent to an activating group) is 1. The molecule has 0 saturated heterocycles. The van der Waals surface area contributed by atoms with Crippen LogP contribution in [0.1, 0.15) is 34.6 Å². The van der Waals surface area contributed by atoms with Gasteiger partial charge in [0.1, 0.15) is 0 Å². The van der Waals surface area contributed by atoms with Gasteiger partial charge in [0.25, 0.3) is 0 Å². The molecule has 0 aromatic carbocycles. The molecule has 0 fully saturated rings. The van der Waals surface area contributed by atoms with Crippen molar-refractivity contribution in [2.45, 2.75) is 34.6 Å². The number of carbonyl (C=O) groups excluding carboxylic acids is 1. The minimum absolute atomic E-state index is 0.193. The van der Waals surface area contributed by atoms with E-state index in [2.05, 4.69) is 6.58 Å². The predicted octanol–water partition coefficient (Wildman–Crippen LogP) is 2.46. The molecule has 2 heteroatoms. The van der Waals surface area contributed by atoms with E-state index in [0.717, 1.165) is 12.1 Å². The normalized spacial score (nSPS) is 11.2. The van der Waals surface area contributed by atoms with E-state index in [1.54, 1.807) is 0 Å². The lowest BCUT2D eigenvalue weighted by Gasteiger charge is -2.28. The second-order valence-corrected chi connectivity index (χ2v) is 4.53. The fraction of sp³-hybridized carbons (Fsp3) is 0.727. The summed E-state index contributed by atoms with van der Waals surface area (Å²) < 4.78 is 0. The van der Waals surface area contributed by atoms with Crippen LogP contribution in [0.3, 0.4) is 0 Å². The highest BCUT2D eigenvalue weighted by Gasteiger charge is 2.25. The fourth-order valence-electron chi connectivity index (χ4n) is 1.13. The first kappa shape index (κ1) is 12.2. The summed E-state index contributed by atoms with van der Waals surface area (Å²) in [5.41, 5.74) is 0.741. The highest BCUT2D eigenvalue weighted by atomic mass is 16.2. The Hall–Kier alpha value is -0.790. The first-order valence-electron chi connectivity index (χ1n) is 4.72. The molecule has 0 aromatic rings. The highest BCUT2D eigenvalue weighted by Crippen LogP contribution is 2.17. The van der Waals surface area contributed by atoms with Crippen LogP contribution in [0.2, 0.25) is 0 Å². The zero-order valence-corrected chi connectivity index (χ0v) is 9.48. The minimum atomic E-state index is -0.286. The van der Waals surface area contributed by atoms with Crippen LogP contribution in [-0.4, -0.2) is 23.9 Å². The van der Waals surface area contributed by atoms with Crippen molar-refractivity contribution in [1.82, 2.24) is 4.90 Å². The lowest BCUT2D eigenvalue weighted by molar-refractivity contribution is -0.138. The molecule has 2 nitrogen and oxygen atoms in total. The predicted molar refractivity (Wildman–Crippen MR) is 56.5 cm³/mol. The standard InChI is InChI=1S/C11H21NO/c1-7-12(8-9(2)3)10(13)11(4,5)6/h2,7-8H2,1,3-6H3. The van der Waals surface area contributed by atoms with Crippen LogP contribution in [-0.2, 0) is 4.79 Å². The molecule has 0 rings (SSSR count). The maximum Gasteiger partial charge on any atom is 0.228 e. The molecule has 0 unspecified atom stereocenters. The van der Waals surface area contributed by atoms with Crippen LogP contribution in [0.5, 0.6) is 0 Å². The molecule has 0 aliphatic carbocycles. The zero-order chi connectivity index (χ0) is 10.6. The molecular formula is C11H21NO. The number of amides is 1. The van der Waals surface area contributed by atoms with Gasteiger partial charge < -0.3 is 4.90 Å². The molecule has 0 atom stereocenters. The van der Waals surface area contributed by atoms with Crippen molar-refractivity contribution in [3.05, 3.63) is 12.2 Å². The molecule has 0 N–H and O–H groups in total. The van der Waals surface area contributed by atoms with Gasteiger partial charge in [0.2, 0.25) is 5.91 Å². The Morgan fingerprint density at radius 3 is 2.08 bits per heavy atom. The Balaban J connectivity index is 4.41. The van der Waals surface area contributed by atoms with Gasteiger partial charge in [-0.15, -0.1) is 0 Å². The van der Waals surface area contributed by atoms with Crippen molar-refractivity contribution in [2.24, 2.45) is 5.41 Å². The third-order valence-corrected chi connectivity index (χ3v) is 1.77. The van der Waals surface area contributed by atoms with Gasteiger partial charge in [-0.1, -0.05) is 32.9 Å². The summed E-state index contributed by atoms with van der Waals surface area (Å²) in [5.74, 6) is 0.193. The van der Waals surface area contributed by atoms with E-state index >= 15 is 0 Å². The van der Waals surface area contributed by atoms with Gasteiger partial charge in [0.05, 0.1) is 0 Å². The summed E-state index contributed by atoms with van der Waals surface area (Å²) in [6, 6.07) is 0. The third kappa shape index (κ3) is 4.11. The van der Waals surface area contributed by atoms with Gasteiger partial charge >= 0.3 is 0 Å². The average Bonchev–Trinajstić information content (AvgIpc) is 1.96. The van der Waals surface area contributed by atoms with E-state index in [1.807, 2.05) is 39.5 Å². The molecule has 1 amide bonds. The Bertz CT molecular complexity index is 201. The molecule has 0 radical (unpaired) electrons. The second-order valence-electron chi connectivity index (χ2n) is 4.53. The SMILES string of the molecule is C=C(C)CN(CC)C(=O)C(C)(C)C. The molecule has 0 aliphatic heterocycles. The lowest BCUT2D eigenvalue weighted by atomic mass is 9.94. The maximum absolute atomic E-state index is 11.8. The Morgan fingerprint density at radius 2 is 1.85 bits per heavy atom. The summed E-state index contributed by atoms with van der Waals surface area (Å²) in [5, 5.41) is 0. The zero-order valence-electron chi connectivity index (χ0n) is 9.48. The Kier molecular flexibility index (Phi) is 4.18. The van der Waals surface area contributed by atoms with Crippen molar-refractivity contribution in [1.29, 1.82) is 0 Å². The number of hydrogen-bond acceptors (Lipinski definition) is 1. The van der Waals surface area contributed by atoms with Gasteiger partial charge in [0, 0.05) is 18.5 Å². The van der Waals surface area contributed by atoms with E-state index in [0.29, 0.717) is 6.54 Å². The topological polar surface area (TPSA) is 20.3 Å².